The molecule has 2 aliphatic heterocycles. The number of ether oxygens (including phenoxy) is 2. The Bertz CT molecular complexity index is 959. The van der Waals surface area contributed by atoms with E-state index >= 15 is 0 Å². The largest absolute Gasteiger partial charge is 0.486 e. The Balaban J connectivity index is 1.32. The molecule has 0 spiro atoms. The predicted molar refractivity (Wildman–Crippen MR) is 129 cm³/mol. The van der Waals surface area contributed by atoms with Gasteiger partial charge in [0.2, 0.25) is 0 Å². The SMILES string of the molecule is CN(CCNC(=O)N1CCc2cc3c(cc2C1c1ccccc1)OCCO3)C1CCCCC1. The van der Waals surface area contributed by atoms with E-state index in [4.69, 9.17) is 9.47 Å². The second-order valence-corrected chi connectivity index (χ2v) is 9.46. The lowest BCUT2D eigenvalue weighted by atomic mass is 9.88. The van der Waals surface area contributed by atoms with E-state index in [-0.39, 0.29) is 12.1 Å². The van der Waals surface area contributed by atoms with Gasteiger partial charge < -0.3 is 24.6 Å². The molecule has 1 fully saturated rings. The van der Waals surface area contributed by atoms with Crippen molar-refractivity contribution in [2.75, 3.05) is 39.9 Å². The van der Waals surface area contributed by atoms with Crippen molar-refractivity contribution >= 4 is 6.03 Å². The van der Waals surface area contributed by atoms with Crippen LogP contribution in [-0.2, 0) is 6.42 Å². The van der Waals surface area contributed by atoms with Crippen LogP contribution in [0.1, 0.15) is 54.8 Å². The van der Waals surface area contributed by atoms with E-state index in [1.807, 2.05) is 23.1 Å². The molecule has 6 nitrogen and oxygen atoms in total. The molecule has 0 bridgehead atoms. The van der Waals surface area contributed by atoms with Crippen molar-refractivity contribution in [1.29, 1.82) is 0 Å². The van der Waals surface area contributed by atoms with E-state index in [1.54, 1.807) is 0 Å². The average molecular weight is 450 g/mol. The van der Waals surface area contributed by atoms with Crippen LogP contribution in [0.3, 0.4) is 0 Å². The van der Waals surface area contributed by atoms with Gasteiger partial charge in [0.05, 0.1) is 6.04 Å². The molecular weight excluding hydrogens is 414 g/mol. The highest BCUT2D eigenvalue weighted by atomic mass is 16.6. The highest BCUT2D eigenvalue weighted by molar-refractivity contribution is 5.76. The summed E-state index contributed by atoms with van der Waals surface area (Å²) in [4.78, 5) is 17.8. The topological polar surface area (TPSA) is 54.0 Å². The van der Waals surface area contributed by atoms with Crippen molar-refractivity contribution in [3.05, 3.63) is 59.2 Å². The number of carbonyl (C=O) groups excluding carboxylic acids is 1. The van der Waals surface area contributed by atoms with Gasteiger partial charge in [-0.25, -0.2) is 4.79 Å². The van der Waals surface area contributed by atoms with Crippen LogP contribution in [-0.4, -0.2) is 61.8 Å². The van der Waals surface area contributed by atoms with E-state index in [1.165, 1.54) is 37.7 Å². The maximum atomic E-state index is 13.4. The molecule has 0 aromatic heterocycles. The molecule has 2 aromatic carbocycles. The van der Waals surface area contributed by atoms with Crippen molar-refractivity contribution < 1.29 is 14.3 Å². The Labute approximate surface area is 196 Å². The first-order chi connectivity index (χ1) is 16.2. The van der Waals surface area contributed by atoms with E-state index in [0.29, 0.717) is 32.3 Å². The minimum Gasteiger partial charge on any atom is -0.486 e. The predicted octanol–water partition coefficient (Wildman–Crippen LogP) is 4.38. The van der Waals surface area contributed by atoms with Crippen molar-refractivity contribution in [1.82, 2.24) is 15.1 Å². The molecule has 1 atom stereocenters. The molecule has 0 saturated heterocycles. The minimum atomic E-state index is -0.137. The minimum absolute atomic E-state index is 0.00133. The van der Waals surface area contributed by atoms with Crippen LogP contribution in [0.15, 0.2) is 42.5 Å². The quantitative estimate of drug-likeness (QED) is 0.736. The Hall–Kier alpha value is -2.73. The standard InChI is InChI=1S/C27H35N3O3/c1-29(22-10-6-3-7-11-22)15-13-28-27(31)30-14-12-21-18-24-25(33-17-16-32-24)19-23(21)26(30)20-8-4-2-5-9-20/h2,4-5,8-9,18-19,22,26H,3,6-7,10-17H2,1H3,(H,28,31). The summed E-state index contributed by atoms with van der Waals surface area (Å²) in [5, 5.41) is 3.20. The van der Waals surface area contributed by atoms with Gasteiger partial charge in [-0.3, -0.25) is 0 Å². The summed E-state index contributed by atoms with van der Waals surface area (Å²) in [5.74, 6) is 1.59. The second kappa shape index (κ2) is 10.0. The van der Waals surface area contributed by atoms with Gasteiger partial charge in [-0.1, -0.05) is 49.6 Å². The molecule has 2 aromatic rings. The fourth-order valence-electron chi connectivity index (χ4n) is 5.51. The summed E-state index contributed by atoms with van der Waals surface area (Å²) in [6.45, 7) is 3.36. The molecule has 1 N–H and O–H groups in total. The van der Waals surface area contributed by atoms with E-state index in [9.17, 15) is 4.79 Å². The summed E-state index contributed by atoms with van der Waals surface area (Å²) in [6, 6.07) is 15.0. The number of fused-ring (bicyclic) bond motifs is 2. The van der Waals surface area contributed by atoms with Crippen molar-refractivity contribution in [3.63, 3.8) is 0 Å². The zero-order valence-corrected chi connectivity index (χ0v) is 19.6. The molecule has 33 heavy (non-hydrogen) atoms. The van der Waals surface area contributed by atoms with E-state index in [2.05, 4.69) is 41.5 Å². The molecule has 2 heterocycles. The monoisotopic (exact) mass is 449 g/mol. The van der Waals surface area contributed by atoms with Crippen LogP contribution in [0.25, 0.3) is 0 Å². The third kappa shape index (κ3) is 4.81. The fraction of sp³-hybridized carbons (Fsp3) is 0.519. The number of nitrogens with one attached hydrogen (secondary N) is 1. The lowest BCUT2D eigenvalue weighted by Crippen LogP contribution is -2.48. The molecule has 1 aliphatic carbocycles. The number of benzene rings is 2. The molecule has 3 aliphatic rings. The average Bonchev–Trinajstić information content (AvgIpc) is 2.87. The number of hydrogen-bond donors (Lipinski definition) is 1. The van der Waals surface area contributed by atoms with Gasteiger partial charge in [0.25, 0.3) is 0 Å². The number of hydrogen-bond acceptors (Lipinski definition) is 4. The Morgan fingerprint density at radius 1 is 1.06 bits per heavy atom. The highest BCUT2D eigenvalue weighted by Gasteiger charge is 2.33. The number of nitrogens with zero attached hydrogens (tertiary/aromatic N) is 2. The van der Waals surface area contributed by atoms with Crippen molar-refractivity contribution in [3.8, 4) is 11.5 Å². The fourth-order valence-corrected chi connectivity index (χ4v) is 5.51. The van der Waals surface area contributed by atoms with Crippen LogP contribution >= 0.6 is 0 Å². The normalized spacial score (nSPS) is 20.4. The van der Waals surface area contributed by atoms with E-state index in [0.717, 1.165) is 35.6 Å². The maximum absolute atomic E-state index is 13.4. The summed E-state index contributed by atoms with van der Waals surface area (Å²) in [7, 11) is 2.19. The summed E-state index contributed by atoms with van der Waals surface area (Å²) < 4.78 is 11.7. The molecule has 176 valence electrons. The van der Waals surface area contributed by atoms with Crippen molar-refractivity contribution in [2.45, 2.75) is 50.6 Å². The second-order valence-electron chi connectivity index (χ2n) is 9.46. The van der Waals surface area contributed by atoms with E-state index < -0.39 is 0 Å². The van der Waals surface area contributed by atoms with Gasteiger partial charge in [0.1, 0.15) is 13.2 Å². The summed E-state index contributed by atoms with van der Waals surface area (Å²) >= 11 is 0. The molecule has 5 rings (SSSR count). The number of carbonyl (C=O) groups is 1. The number of likely N-dealkylation sites (N-methyl/N-ethyl adjacent to an activating group) is 1. The van der Waals surface area contributed by atoms with Crippen LogP contribution < -0.4 is 14.8 Å². The van der Waals surface area contributed by atoms with Crippen molar-refractivity contribution in [2.24, 2.45) is 0 Å². The number of rotatable bonds is 5. The molecule has 6 heteroatoms. The van der Waals surface area contributed by atoms with Gasteiger partial charge >= 0.3 is 6.03 Å². The zero-order chi connectivity index (χ0) is 22.6. The Kier molecular flexibility index (Phi) is 6.72. The van der Waals surface area contributed by atoms with Crippen LogP contribution in [0.2, 0.25) is 0 Å². The van der Waals surface area contributed by atoms with Gasteiger partial charge in [-0.05, 0) is 55.1 Å². The third-order valence-electron chi connectivity index (χ3n) is 7.35. The van der Waals surface area contributed by atoms with Gasteiger partial charge in [0, 0.05) is 25.7 Å². The van der Waals surface area contributed by atoms with Gasteiger partial charge in [-0.15, -0.1) is 0 Å². The first kappa shape index (κ1) is 22.1. The van der Waals surface area contributed by atoms with Crippen LogP contribution in [0.5, 0.6) is 11.5 Å². The van der Waals surface area contributed by atoms with Crippen LogP contribution in [0, 0.1) is 0 Å². The Morgan fingerprint density at radius 2 is 1.79 bits per heavy atom. The molecule has 1 unspecified atom stereocenters. The summed E-state index contributed by atoms with van der Waals surface area (Å²) in [6.07, 6.45) is 7.38. The lowest BCUT2D eigenvalue weighted by molar-refractivity contribution is 0.165. The lowest BCUT2D eigenvalue weighted by Gasteiger charge is -2.38. The smallest absolute Gasteiger partial charge is 0.318 e. The first-order valence-electron chi connectivity index (χ1n) is 12.4. The van der Waals surface area contributed by atoms with Gasteiger partial charge in [-0.2, -0.15) is 0 Å². The molecular formula is C27H35N3O3. The zero-order valence-electron chi connectivity index (χ0n) is 19.6. The maximum Gasteiger partial charge on any atom is 0.318 e. The van der Waals surface area contributed by atoms with Gasteiger partial charge in [0.15, 0.2) is 11.5 Å². The third-order valence-corrected chi connectivity index (χ3v) is 7.35. The molecule has 2 amide bonds. The number of urea groups is 1. The molecule has 1 saturated carbocycles. The highest BCUT2D eigenvalue weighted by Crippen LogP contribution is 2.42. The number of amides is 2. The molecule has 0 radical (unpaired) electrons. The Morgan fingerprint density at radius 3 is 2.55 bits per heavy atom. The first-order valence-corrected chi connectivity index (χ1v) is 12.4. The summed E-state index contributed by atoms with van der Waals surface area (Å²) in [5.41, 5.74) is 3.48. The van der Waals surface area contributed by atoms with Crippen LogP contribution in [0.4, 0.5) is 4.79 Å².